The first kappa shape index (κ1) is 12.0. The summed E-state index contributed by atoms with van der Waals surface area (Å²) in [6.07, 6.45) is 3.93. The first-order chi connectivity index (χ1) is 8.83. The molecule has 0 saturated carbocycles. The molecule has 0 unspecified atom stereocenters. The molecule has 2 aromatic rings. The number of benzene rings is 1. The van der Waals surface area contributed by atoms with Crippen molar-refractivity contribution in [3.63, 3.8) is 0 Å². The maximum absolute atomic E-state index is 10.7. The van der Waals surface area contributed by atoms with E-state index in [0.29, 0.717) is 23.7 Å². The van der Waals surface area contributed by atoms with Gasteiger partial charge in [0.05, 0.1) is 6.61 Å². The van der Waals surface area contributed by atoms with Crippen molar-refractivity contribution >= 4 is 6.29 Å². The second kappa shape index (κ2) is 5.77. The van der Waals surface area contributed by atoms with Crippen molar-refractivity contribution in [3.8, 4) is 17.5 Å². The fraction of sp³-hybridized carbons (Fsp3) is 0.154. The second-order valence-electron chi connectivity index (χ2n) is 3.39. The van der Waals surface area contributed by atoms with Gasteiger partial charge in [0.15, 0.2) is 11.5 Å². The number of aromatic nitrogens is 2. The highest BCUT2D eigenvalue weighted by Crippen LogP contribution is 2.30. The normalized spacial score (nSPS) is 9.83. The van der Waals surface area contributed by atoms with E-state index in [2.05, 4.69) is 9.97 Å². The standard InChI is InChI=1S/C13H12N2O3/c1-2-17-12-8-10(9-16)4-5-11(12)18-13-14-6-3-7-15-13/h3-9H,2H2,1H3. The van der Waals surface area contributed by atoms with E-state index in [1.807, 2.05) is 6.92 Å². The van der Waals surface area contributed by atoms with E-state index < -0.39 is 0 Å². The zero-order valence-corrected chi connectivity index (χ0v) is 9.87. The minimum absolute atomic E-state index is 0.234. The van der Waals surface area contributed by atoms with Gasteiger partial charge in [-0.05, 0) is 31.2 Å². The van der Waals surface area contributed by atoms with Gasteiger partial charge in [0.1, 0.15) is 6.29 Å². The number of hydrogen-bond acceptors (Lipinski definition) is 5. The van der Waals surface area contributed by atoms with Crippen molar-refractivity contribution in [1.29, 1.82) is 0 Å². The summed E-state index contributed by atoms with van der Waals surface area (Å²) < 4.78 is 10.9. The van der Waals surface area contributed by atoms with Gasteiger partial charge in [-0.1, -0.05) is 0 Å². The number of hydrogen-bond donors (Lipinski definition) is 0. The van der Waals surface area contributed by atoms with Crippen LogP contribution in [0.25, 0.3) is 0 Å². The molecule has 0 aliphatic heterocycles. The lowest BCUT2D eigenvalue weighted by atomic mass is 10.2. The second-order valence-corrected chi connectivity index (χ2v) is 3.39. The maximum atomic E-state index is 10.7. The molecule has 18 heavy (non-hydrogen) atoms. The van der Waals surface area contributed by atoms with Crippen LogP contribution in [0.3, 0.4) is 0 Å². The van der Waals surface area contributed by atoms with Gasteiger partial charge in [-0.2, -0.15) is 0 Å². The molecule has 0 amide bonds. The van der Waals surface area contributed by atoms with Crippen molar-refractivity contribution < 1.29 is 14.3 Å². The Hall–Kier alpha value is -2.43. The third kappa shape index (κ3) is 2.82. The quantitative estimate of drug-likeness (QED) is 0.756. The van der Waals surface area contributed by atoms with Crippen molar-refractivity contribution in [1.82, 2.24) is 9.97 Å². The van der Waals surface area contributed by atoms with E-state index in [1.165, 1.54) is 0 Å². The Morgan fingerprint density at radius 2 is 2.00 bits per heavy atom. The largest absolute Gasteiger partial charge is 0.490 e. The average Bonchev–Trinajstić information content (AvgIpc) is 2.42. The summed E-state index contributed by atoms with van der Waals surface area (Å²) in [5, 5.41) is 0. The van der Waals surface area contributed by atoms with Crippen molar-refractivity contribution in [2.75, 3.05) is 6.61 Å². The van der Waals surface area contributed by atoms with Crippen LogP contribution in [0.2, 0.25) is 0 Å². The van der Waals surface area contributed by atoms with E-state index in [0.717, 1.165) is 6.29 Å². The molecule has 0 fully saturated rings. The molecule has 0 saturated heterocycles. The molecule has 0 spiro atoms. The molecule has 0 aliphatic rings. The number of carbonyl (C=O) groups excluding carboxylic acids is 1. The predicted molar refractivity (Wildman–Crippen MR) is 65.1 cm³/mol. The van der Waals surface area contributed by atoms with Gasteiger partial charge in [-0.3, -0.25) is 4.79 Å². The third-order valence-corrected chi connectivity index (χ3v) is 2.15. The van der Waals surface area contributed by atoms with Crippen LogP contribution in [0.1, 0.15) is 17.3 Å². The van der Waals surface area contributed by atoms with Crippen LogP contribution in [0.15, 0.2) is 36.7 Å². The van der Waals surface area contributed by atoms with Crippen LogP contribution in [-0.2, 0) is 0 Å². The Bertz CT molecular complexity index is 529. The smallest absolute Gasteiger partial charge is 0.321 e. The molecule has 1 aromatic carbocycles. The third-order valence-electron chi connectivity index (χ3n) is 2.15. The molecule has 0 N–H and O–H groups in total. The molecule has 0 atom stereocenters. The van der Waals surface area contributed by atoms with E-state index >= 15 is 0 Å². The highest BCUT2D eigenvalue weighted by molar-refractivity contribution is 5.76. The molecule has 92 valence electrons. The SMILES string of the molecule is CCOc1cc(C=O)ccc1Oc1ncccn1. The summed E-state index contributed by atoms with van der Waals surface area (Å²) in [6.45, 7) is 2.34. The summed E-state index contributed by atoms with van der Waals surface area (Å²) in [5.74, 6) is 0.975. The summed E-state index contributed by atoms with van der Waals surface area (Å²) in [6, 6.07) is 6.86. The summed E-state index contributed by atoms with van der Waals surface area (Å²) >= 11 is 0. The van der Waals surface area contributed by atoms with Crippen LogP contribution >= 0.6 is 0 Å². The van der Waals surface area contributed by atoms with Crippen LogP contribution < -0.4 is 9.47 Å². The fourth-order valence-electron chi connectivity index (χ4n) is 1.39. The summed E-state index contributed by atoms with van der Waals surface area (Å²) in [4.78, 5) is 18.6. The Morgan fingerprint density at radius 1 is 1.22 bits per heavy atom. The molecule has 1 heterocycles. The Balaban J connectivity index is 2.29. The molecule has 0 bridgehead atoms. The monoisotopic (exact) mass is 244 g/mol. The maximum Gasteiger partial charge on any atom is 0.321 e. The Morgan fingerprint density at radius 3 is 2.67 bits per heavy atom. The van der Waals surface area contributed by atoms with E-state index in [9.17, 15) is 4.79 Å². The number of nitrogens with zero attached hydrogens (tertiary/aromatic N) is 2. The van der Waals surface area contributed by atoms with E-state index in [4.69, 9.17) is 9.47 Å². The van der Waals surface area contributed by atoms with Gasteiger partial charge >= 0.3 is 6.01 Å². The number of aldehydes is 1. The van der Waals surface area contributed by atoms with Crippen LogP contribution in [0.4, 0.5) is 0 Å². The molecular formula is C13H12N2O3. The zero-order valence-electron chi connectivity index (χ0n) is 9.87. The summed E-state index contributed by atoms with van der Waals surface area (Å²) in [7, 11) is 0. The lowest BCUT2D eigenvalue weighted by Gasteiger charge is -2.10. The van der Waals surface area contributed by atoms with Crippen molar-refractivity contribution in [2.24, 2.45) is 0 Å². The minimum Gasteiger partial charge on any atom is -0.490 e. The highest BCUT2D eigenvalue weighted by atomic mass is 16.5. The molecule has 5 heteroatoms. The molecule has 0 radical (unpaired) electrons. The molecule has 2 rings (SSSR count). The van der Waals surface area contributed by atoms with Gasteiger partial charge in [-0.25, -0.2) is 9.97 Å². The topological polar surface area (TPSA) is 61.3 Å². The number of ether oxygens (including phenoxy) is 2. The van der Waals surface area contributed by atoms with Crippen molar-refractivity contribution in [2.45, 2.75) is 6.92 Å². The number of carbonyl (C=O) groups is 1. The van der Waals surface area contributed by atoms with Gasteiger partial charge in [0.25, 0.3) is 0 Å². The van der Waals surface area contributed by atoms with Gasteiger partial charge < -0.3 is 9.47 Å². The molecule has 0 aliphatic carbocycles. The highest BCUT2D eigenvalue weighted by Gasteiger charge is 2.08. The molecular weight excluding hydrogens is 232 g/mol. The summed E-state index contributed by atoms with van der Waals surface area (Å²) in [5.41, 5.74) is 0.528. The van der Waals surface area contributed by atoms with E-state index in [-0.39, 0.29) is 6.01 Å². The molecule has 5 nitrogen and oxygen atoms in total. The van der Waals surface area contributed by atoms with E-state index in [1.54, 1.807) is 36.7 Å². The van der Waals surface area contributed by atoms with Crippen LogP contribution in [0, 0.1) is 0 Å². The predicted octanol–water partition coefficient (Wildman–Crippen LogP) is 2.48. The zero-order chi connectivity index (χ0) is 12.8. The van der Waals surface area contributed by atoms with Crippen LogP contribution in [-0.4, -0.2) is 22.9 Å². The number of rotatable bonds is 5. The first-order valence-electron chi connectivity index (χ1n) is 5.50. The van der Waals surface area contributed by atoms with Crippen LogP contribution in [0.5, 0.6) is 17.5 Å². The first-order valence-corrected chi connectivity index (χ1v) is 5.50. The average molecular weight is 244 g/mol. The van der Waals surface area contributed by atoms with Gasteiger partial charge in [-0.15, -0.1) is 0 Å². The lowest BCUT2D eigenvalue weighted by Crippen LogP contribution is -1.97. The Kier molecular flexibility index (Phi) is 3.86. The van der Waals surface area contributed by atoms with Gasteiger partial charge in [0.2, 0.25) is 0 Å². The fourth-order valence-corrected chi connectivity index (χ4v) is 1.39. The lowest BCUT2D eigenvalue weighted by molar-refractivity contribution is 0.112. The molecule has 1 aromatic heterocycles. The Labute approximate surface area is 104 Å². The van der Waals surface area contributed by atoms with Crippen molar-refractivity contribution in [3.05, 3.63) is 42.2 Å². The minimum atomic E-state index is 0.234. The van der Waals surface area contributed by atoms with Gasteiger partial charge in [0, 0.05) is 18.0 Å².